The molecule has 0 aromatic heterocycles. The van der Waals surface area contributed by atoms with Crippen molar-refractivity contribution in [3.63, 3.8) is 0 Å². The van der Waals surface area contributed by atoms with E-state index in [0.717, 1.165) is 6.07 Å². The average molecular weight is 315 g/mol. The van der Waals surface area contributed by atoms with Crippen LogP contribution in [-0.4, -0.2) is 29.3 Å². The van der Waals surface area contributed by atoms with Crippen LogP contribution < -0.4 is 5.32 Å². The summed E-state index contributed by atoms with van der Waals surface area (Å²) in [6, 6.07) is 2.93. The lowest BCUT2D eigenvalue weighted by Crippen LogP contribution is -2.37. The number of hydrogen-bond donors (Lipinski definition) is 2. The molecule has 0 radical (unpaired) electrons. The van der Waals surface area contributed by atoms with Gasteiger partial charge in [0.2, 0.25) is 0 Å². The second-order valence-electron chi connectivity index (χ2n) is 5.86. The van der Waals surface area contributed by atoms with Crippen molar-refractivity contribution in [1.82, 2.24) is 5.32 Å². The van der Waals surface area contributed by atoms with E-state index in [4.69, 9.17) is 9.84 Å². The van der Waals surface area contributed by atoms with Gasteiger partial charge < -0.3 is 15.2 Å². The van der Waals surface area contributed by atoms with E-state index in [0.29, 0.717) is 6.07 Å². The van der Waals surface area contributed by atoms with Crippen LogP contribution in [0.5, 0.6) is 0 Å². The fraction of sp³-hybridized carbons (Fsp3) is 0.467. The number of carboxylic acid groups (broad SMARTS) is 1. The molecule has 1 rings (SSSR count). The number of rotatable bonds is 5. The molecule has 0 aliphatic heterocycles. The molecule has 0 fully saturated rings. The van der Waals surface area contributed by atoms with Gasteiger partial charge in [0.25, 0.3) is 0 Å². The van der Waals surface area contributed by atoms with Crippen LogP contribution in [-0.2, 0) is 16.0 Å². The second kappa shape index (κ2) is 7.20. The summed E-state index contributed by atoms with van der Waals surface area (Å²) >= 11 is 0. The first-order valence-corrected chi connectivity index (χ1v) is 6.72. The second-order valence-corrected chi connectivity index (χ2v) is 5.86. The van der Waals surface area contributed by atoms with Crippen LogP contribution in [0.3, 0.4) is 0 Å². The molecule has 7 heteroatoms. The van der Waals surface area contributed by atoms with Crippen LogP contribution in [0.2, 0.25) is 0 Å². The van der Waals surface area contributed by atoms with E-state index in [1.54, 1.807) is 20.8 Å². The quantitative estimate of drug-likeness (QED) is 0.876. The summed E-state index contributed by atoms with van der Waals surface area (Å²) in [5.74, 6) is -3.80. The van der Waals surface area contributed by atoms with E-state index in [2.05, 4.69) is 5.32 Å². The summed E-state index contributed by atoms with van der Waals surface area (Å²) in [5, 5.41) is 11.5. The third kappa shape index (κ3) is 6.07. The highest BCUT2D eigenvalue weighted by Gasteiger charge is 2.22. The van der Waals surface area contributed by atoms with Gasteiger partial charge in [-0.05, 0) is 38.8 Å². The van der Waals surface area contributed by atoms with Crippen molar-refractivity contribution >= 4 is 12.1 Å². The Morgan fingerprint density at radius 1 is 1.32 bits per heavy atom. The van der Waals surface area contributed by atoms with Crippen molar-refractivity contribution in [2.24, 2.45) is 5.92 Å². The first kappa shape index (κ1) is 17.9. The standard InChI is InChI=1S/C15H19F2NO4/c1-15(2,3)22-14(21)18-8-10(13(19)20)6-9-4-5-11(16)7-12(9)17/h4-5,7,10H,6,8H2,1-3H3,(H,18,21)(H,19,20). The minimum atomic E-state index is -1.19. The molecule has 5 nitrogen and oxygen atoms in total. The van der Waals surface area contributed by atoms with Crippen molar-refractivity contribution in [1.29, 1.82) is 0 Å². The average Bonchev–Trinajstić information content (AvgIpc) is 2.34. The molecule has 1 aromatic rings. The van der Waals surface area contributed by atoms with E-state index in [-0.39, 0.29) is 18.5 Å². The van der Waals surface area contributed by atoms with Crippen molar-refractivity contribution in [3.8, 4) is 0 Å². The molecule has 1 amide bonds. The van der Waals surface area contributed by atoms with Crippen molar-refractivity contribution < 1.29 is 28.2 Å². The largest absolute Gasteiger partial charge is 0.481 e. The first-order valence-electron chi connectivity index (χ1n) is 6.72. The Kier molecular flexibility index (Phi) is 5.84. The van der Waals surface area contributed by atoms with Gasteiger partial charge in [0.15, 0.2) is 0 Å². The highest BCUT2D eigenvalue weighted by molar-refractivity contribution is 5.73. The lowest BCUT2D eigenvalue weighted by atomic mass is 9.99. The molecule has 1 aromatic carbocycles. The summed E-state index contributed by atoms with van der Waals surface area (Å²) in [6.45, 7) is 4.81. The van der Waals surface area contributed by atoms with E-state index < -0.39 is 35.2 Å². The number of carboxylic acids is 1. The number of ether oxygens (including phenoxy) is 1. The molecule has 1 unspecified atom stereocenters. The molecule has 0 aliphatic rings. The highest BCUT2D eigenvalue weighted by Crippen LogP contribution is 2.15. The first-order chi connectivity index (χ1) is 10.1. The van der Waals surface area contributed by atoms with E-state index in [1.807, 2.05) is 0 Å². The Morgan fingerprint density at radius 3 is 2.45 bits per heavy atom. The summed E-state index contributed by atoms with van der Waals surface area (Å²) < 4.78 is 31.4. The summed E-state index contributed by atoms with van der Waals surface area (Å²) in [5.41, 5.74) is -0.633. The third-order valence-electron chi connectivity index (χ3n) is 2.72. The normalized spacial score (nSPS) is 12.6. The molecule has 2 N–H and O–H groups in total. The van der Waals surface area contributed by atoms with Gasteiger partial charge in [-0.3, -0.25) is 4.79 Å². The van der Waals surface area contributed by atoms with Gasteiger partial charge in [0.05, 0.1) is 5.92 Å². The molecular weight excluding hydrogens is 296 g/mol. The number of carbonyl (C=O) groups is 2. The SMILES string of the molecule is CC(C)(C)OC(=O)NCC(Cc1ccc(F)cc1F)C(=O)O. The lowest BCUT2D eigenvalue weighted by molar-refractivity contribution is -0.141. The molecule has 0 saturated heterocycles. The maximum Gasteiger partial charge on any atom is 0.407 e. The summed E-state index contributed by atoms with van der Waals surface area (Å²) in [4.78, 5) is 22.7. The van der Waals surface area contributed by atoms with E-state index in [9.17, 15) is 18.4 Å². The molecule has 1 atom stereocenters. The predicted molar refractivity (Wildman–Crippen MR) is 75.4 cm³/mol. The zero-order chi connectivity index (χ0) is 16.9. The van der Waals surface area contributed by atoms with E-state index >= 15 is 0 Å². The molecule has 0 bridgehead atoms. The lowest BCUT2D eigenvalue weighted by Gasteiger charge is -2.21. The monoisotopic (exact) mass is 315 g/mol. The zero-order valence-corrected chi connectivity index (χ0v) is 12.7. The van der Waals surface area contributed by atoms with Crippen molar-refractivity contribution in [2.75, 3.05) is 6.54 Å². The van der Waals surface area contributed by atoms with Gasteiger partial charge in [-0.2, -0.15) is 0 Å². The molecule has 0 aliphatic carbocycles. The minimum Gasteiger partial charge on any atom is -0.481 e. The molecule has 122 valence electrons. The zero-order valence-electron chi connectivity index (χ0n) is 12.7. The van der Waals surface area contributed by atoms with Crippen LogP contribution in [0, 0.1) is 17.6 Å². The maximum absolute atomic E-state index is 13.6. The van der Waals surface area contributed by atoms with Crippen molar-refractivity contribution in [2.45, 2.75) is 32.8 Å². The number of halogens is 2. The van der Waals surface area contributed by atoms with Crippen molar-refractivity contribution in [3.05, 3.63) is 35.4 Å². The number of carbonyl (C=O) groups excluding carboxylic acids is 1. The topological polar surface area (TPSA) is 75.6 Å². The van der Waals surface area contributed by atoms with Crippen LogP contribution in [0.15, 0.2) is 18.2 Å². The van der Waals surface area contributed by atoms with Gasteiger partial charge in [-0.1, -0.05) is 6.07 Å². The van der Waals surface area contributed by atoms with Crippen LogP contribution in [0.25, 0.3) is 0 Å². The van der Waals surface area contributed by atoms with Gasteiger partial charge in [-0.25, -0.2) is 13.6 Å². The minimum absolute atomic E-state index is 0.0692. The molecule has 0 spiro atoms. The fourth-order valence-corrected chi connectivity index (χ4v) is 1.72. The molecule has 22 heavy (non-hydrogen) atoms. The van der Waals surface area contributed by atoms with Crippen LogP contribution >= 0.6 is 0 Å². The van der Waals surface area contributed by atoms with Gasteiger partial charge in [0.1, 0.15) is 17.2 Å². The number of alkyl carbamates (subject to hydrolysis) is 1. The third-order valence-corrected chi connectivity index (χ3v) is 2.72. The van der Waals surface area contributed by atoms with Gasteiger partial charge in [-0.15, -0.1) is 0 Å². The molecular formula is C15H19F2NO4. The Labute approximate surface area is 127 Å². The Bertz CT molecular complexity index is 555. The number of amides is 1. The number of nitrogens with one attached hydrogen (secondary N) is 1. The summed E-state index contributed by atoms with van der Waals surface area (Å²) in [6.07, 6.45) is -0.921. The predicted octanol–water partition coefficient (Wildman–Crippen LogP) is 2.73. The highest BCUT2D eigenvalue weighted by atomic mass is 19.1. The summed E-state index contributed by atoms with van der Waals surface area (Å²) in [7, 11) is 0. The Balaban J connectivity index is 2.67. The number of hydrogen-bond acceptors (Lipinski definition) is 3. The van der Waals surface area contributed by atoms with E-state index in [1.165, 1.54) is 6.07 Å². The molecule has 0 saturated carbocycles. The van der Waals surface area contributed by atoms with Crippen LogP contribution in [0.4, 0.5) is 13.6 Å². The maximum atomic E-state index is 13.6. The Morgan fingerprint density at radius 2 is 1.95 bits per heavy atom. The fourth-order valence-electron chi connectivity index (χ4n) is 1.72. The number of aliphatic carboxylic acids is 1. The van der Waals surface area contributed by atoms with Gasteiger partial charge >= 0.3 is 12.1 Å². The smallest absolute Gasteiger partial charge is 0.407 e. The molecule has 0 heterocycles. The number of benzene rings is 1. The Hall–Kier alpha value is -2.18. The van der Waals surface area contributed by atoms with Crippen LogP contribution in [0.1, 0.15) is 26.3 Å². The van der Waals surface area contributed by atoms with Gasteiger partial charge in [0, 0.05) is 12.6 Å².